The number of imide groups is 1. The number of fused-ring (bicyclic) bond motifs is 2. The summed E-state index contributed by atoms with van der Waals surface area (Å²) in [7, 11) is 1.38. The minimum Gasteiger partial charge on any atom is -0.459 e. The number of anilines is 1. The molecule has 3 aromatic rings. The summed E-state index contributed by atoms with van der Waals surface area (Å²) in [5.74, 6) is -2.59. The fourth-order valence-corrected chi connectivity index (χ4v) is 4.36. The van der Waals surface area contributed by atoms with E-state index in [0.717, 1.165) is 16.0 Å². The van der Waals surface area contributed by atoms with E-state index < -0.39 is 42.2 Å². The van der Waals surface area contributed by atoms with Crippen LogP contribution in [0.3, 0.4) is 0 Å². The highest BCUT2D eigenvalue weighted by Crippen LogP contribution is 2.27. The number of rotatable bonds is 5. The monoisotopic (exact) mass is 487 g/mol. The van der Waals surface area contributed by atoms with Gasteiger partial charge in [0.05, 0.1) is 17.4 Å². The van der Waals surface area contributed by atoms with Crippen LogP contribution in [0.25, 0.3) is 0 Å². The Kier molecular flexibility index (Phi) is 5.85. The van der Waals surface area contributed by atoms with Crippen molar-refractivity contribution in [3.8, 4) is 0 Å². The number of nitrogens with zero attached hydrogens (tertiary/aromatic N) is 2. The van der Waals surface area contributed by atoms with Crippen molar-refractivity contribution in [3.63, 3.8) is 0 Å². The van der Waals surface area contributed by atoms with Crippen LogP contribution < -0.4 is 5.32 Å². The summed E-state index contributed by atoms with van der Waals surface area (Å²) in [6.07, 6.45) is 1.61. The van der Waals surface area contributed by atoms with Gasteiger partial charge in [-0.25, -0.2) is 4.79 Å². The molecule has 0 spiro atoms. The standard InChI is InChI=1S/C26H21N3O7/c1-28-23(31)18-9-8-17(12-19(18)24(28)32)27-22(30)14-36-26(34)20-11-15-5-2-3-6-16(15)13-29(20)25(33)21-7-4-10-35-21/h2-10,12,20H,11,13-14H2,1H3,(H,27,30)/t20-/m0/s1. The molecule has 2 aromatic carbocycles. The van der Waals surface area contributed by atoms with E-state index in [0.29, 0.717) is 0 Å². The van der Waals surface area contributed by atoms with E-state index in [-0.39, 0.29) is 35.5 Å². The van der Waals surface area contributed by atoms with Gasteiger partial charge >= 0.3 is 5.97 Å². The molecule has 0 saturated carbocycles. The number of benzene rings is 2. The second kappa shape index (κ2) is 9.14. The summed E-state index contributed by atoms with van der Waals surface area (Å²) in [5, 5.41) is 2.56. The molecule has 3 heterocycles. The quantitative estimate of drug-likeness (QED) is 0.432. The number of carbonyl (C=O) groups is 5. The Morgan fingerprint density at radius 1 is 1.00 bits per heavy atom. The molecule has 1 N–H and O–H groups in total. The van der Waals surface area contributed by atoms with Crippen molar-refractivity contribution in [2.24, 2.45) is 0 Å². The van der Waals surface area contributed by atoms with Gasteiger partial charge in [0.1, 0.15) is 6.04 Å². The predicted molar refractivity (Wildman–Crippen MR) is 125 cm³/mol. The Hall–Kier alpha value is -4.73. The highest BCUT2D eigenvalue weighted by molar-refractivity contribution is 6.21. The molecule has 0 saturated heterocycles. The van der Waals surface area contributed by atoms with Gasteiger partial charge < -0.3 is 19.4 Å². The van der Waals surface area contributed by atoms with E-state index in [2.05, 4.69) is 5.32 Å². The van der Waals surface area contributed by atoms with Gasteiger partial charge in [-0.1, -0.05) is 24.3 Å². The van der Waals surface area contributed by atoms with Crippen molar-refractivity contribution >= 4 is 35.3 Å². The smallest absolute Gasteiger partial charge is 0.329 e. The molecule has 4 amide bonds. The first-order valence-corrected chi connectivity index (χ1v) is 11.2. The van der Waals surface area contributed by atoms with E-state index in [4.69, 9.17) is 9.15 Å². The van der Waals surface area contributed by atoms with E-state index >= 15 is 0 Å². The number of hydrogen-bond donors (Lipinski definition) is 1. The van der Waals surface area contributed by atoms with Crippen LogP contribution >= 0.6 is 0 Å². The lowest BCUT2D eigenvalue weighted by Crippen LogP contribution is -2.49. The van der Waals surface area contributed by atoms with Gasteiger partial charge in [0.2, 0.25) is 0 Å². The van der Waals surface area contributed by atoms with Crippen LogP contribution in [0.15, 0.2) is 65.3 Å². The number of nitrogens with one attached hydrogen (secondary N) is 1. The molecule has 182 valence electrons. The van der Waals surface area contributed by atoms with Crippen LogP contribution in [0.2, 0.25) is 0 Å². The normalized spacial score (nSPS) is 16.4. The summed E-state index contributed by atoms with van der Waals surface area (Å²) >= 11 is 0. The van der Waals surface area contributed by atoms with E-state index in [1.165, 1.54) is 42.5 Å². The molecule has 0 aliphatic carbocycles. The molecular formula is C26H21N3O7. The van der Waals surface area contributed by atoms with Crippen molar-refractivity contribution in [1.29, 1.82) is 0 Å². The highest BCUT2D eigenvalue weighted by atomic mass is 16.5. The van der Waals surface area contributed by atoms with E-state index in [9.17, 15) is 24.0 Å². The predicted octanol–water partition coefficient (Wildman–Crippen LogP) is 2.25. The van der Waals surface area contributed by atoms with Gasteiger partial charge in [0.15, 0.2) is 12.4 Å². The third-order valence-electron chi connectivity index (χ3n) is 6.23. The fraction of sp³-hybridized carbons (Fsp3) is 0.192. The lowest BCUT2D eigenvalue weighted by atomic mass is 9.93. The van der Waals surface area contributed by atoms with Gasteiger partial charge in [-0.15, -0.1) is 0 Å². The topological polar surface area (TPSA) is 126 Å². The summed E-state index contributed by atoms with van der Waals surface area (Å²) in [6.45, 7) is -0.401. The summed E-state index contributed by atoms with van der Waals surface area (Å²) < 4.78 is 10.5. The molecule has 1 atom stereocenters. The van der Waals surface area contributed by atoms with Crippen LogP contribution in [0.5, 0.6) is 0 Å². The molecule has 2 aliphatic heterocycles. The summed E-state index contributed by atoms with van der Waals surface area (Å²) in [6, 6.07) is 14.0. The van der Waals surface area contributed by atoms with Crippen LogP contribution in [-0.2, 0) is 27.3 Å². The maximum atomic E-state index is 13.0. The van der Waals surface area contributed by atoms with Gasteiger partial charge in [0, 0.05) is 25.7 Å². The van der Waals surface area contributed by atoms with Crippen LogP contribution in [-0.4, -0.2) is 59.1 Å². The summed E-state index contributed by atoms with van der Waals surface area (Å²) in [5.41, 5.74) is 2.55. The molecular weight excluding hydrogens is 466 g/mol. The molecule has 10 nitrogen and oxygen atoms in total. The number of furan rings is 1. The zero-order valence-corrected chi connectivity index (χ0v) is 19.2. The Bertz CT molecular complexity index is 1400. The van der Waals surface area contributed by atoms with Crippen molar-refractivity contribution in [1.82, 2.24) is 9.80 Å². The molecule has 10 heteroatoms. The first-order chi connectivity index (χ1) is 17.3. The third-order valence-corrected chi connectivity index (χ3v) is 6.23. The largest absolute Gasteiger partial charge is 0.459 e. The molecule has 0 radical (unpaired) electrons. The SMILES string of the molecule is CN1C(=O)c2ccc(NC(=O)COC(=O)[C@@H]3Cc4ccccc4CN3C(=O)c3ccco3)cc2C1=O. The van der Waals surface area contributed by atoms with Crippen LogP contribution in [0.4, 0.5) is 5.69 Å². The Balaban J connectivity index is 1.27. The average Bonchev–Trinajstić information content (AvgIpc) is 3.50. The zero-order chi connectivity index (χ0) is 25.4. The van der Waals surface area contributed by atoms with Gasteiger partial charge in [-0.2, -0.15) is 0 Å². The number of hydrogen-bond acceptors (Lipinski definition) is 7. The summed E-state index contributed by atoms with van der Waals surface area (Å²) in [4.78, 5) is 65.1. The second-order valence-electron chi connectivity index (χ2n) is 8.48. The molecule has 36 heavy (non-hydrogen) atoms. The highest BCUT2D eigenvalue weighted by Gasteiger charge is 2.37. The third kappa shape index (κ3) is 4.13. The maximum absolute atomic E-state index is 13.0. The van der Waals surface area contributed by atoms with Gasteiger partial charge in [-0.05, 0) is 41.5 Å². The first kappa shape index (κ1) is 23.0. The average molecular weight is 487 g/mol. The van der Waals surface area contributed by atoms with E-state index in [1.807, 2.05) is 24.3 Å². The first-order valence-electron chi connectivity index (χ1n) is 11.2. The molecule has 2 aliphatic rings. The number of ether oxygens (including phenoxy) is 1. The fourth-order valence-electron chi connectivity index (χ4n) is 4.36. The van der Waals surface area contributed by atoms with Gasteiger partial charge in [0.25, 0.3) is 23.6 Å². The molecule has 0 fully saturated rings. The van der Waals surface area contributed by atoms with Crippen molar-refractivity contribution in [2.75, 3.05) is 19.0 Å². The Morgan fingerprint density at radius 3 is 2.50 bits per heavy atom. The molecule has 0 bridgehead atoms. The lowest BCUT2D eigenvalue weighted by molar-refractivity contribution is -0.152. The minimum atomic E-state index is -0.940. The lowest BCUT2D eigenvalue weighted by Gasteiger charge is -2.34. The van der Waals surface area contributed by atoms with Crippen LogP contribution in [0, 0.1) is 0 Å². The molecule has 0 unspecified atom stereocenters. The zero-order valence-electron chi connectivity index (χ0n) is 19.2. The minimum absolute atomic E-state index is 0.0974. The number of carbonyl (C=O) groups excluding carboxylic acids is 5. The van der Waals surface area contributed by atoms with Crippen molar-refractivity contribution in [3.05, 3.63) is 88.9 Å². The molecule has 5 rings (SSSR count). The Morgan fingerprint density at radius 2 is 1.75 bits per heavy atom. The van der Waals surface area contributed by atoms with Crippen molar-refractivity contribution in [2.45, 2.75) is 19.0 Å². The molecule has 1 aromatic heterocycles. The second-order valence-corrected chi connectivity index (χ2v) is 8.48. The number of esters is 1. The van der Waals surface area contributed by atoms with Crippen molar-refractivity contribution < 1.29 is 33.1 Å². The van der Waals surface area contributed by atoms with Gasteiger partial charge in [-0.3, -0.25) is 24.1 Å². The number of amides is 4. The Labute approximate surface area is 205 Å². The van der Waals surface area contributed by atoms with E-state index in [1.54, 1.807) is 6.07 Å². The van der Waals surface area contributed by atoms with Crippen LogP contribution in [0.1, 0.15) is 42.4 Å². The maximum Gasteiger partial charge on any atom is 0.329 e.